The third kappa shape index (κ3) is 8.88. The number of hydrogen-bond acceptors (Lipinski definition) is 11. The van der Waals surface area contributed by atoms with E-state index in [4.69, 9.17) is 14.5 Å². The number of nitrogens with one attached hydrogen (secondary N) is 2. The van der Waals surface area contributed by atoms with Crippen LogP contribution in [-0.2, 0) is 32.0 Å². The van der Waals surface area contributed by atoms with Gasteiger partial charge in [0.1, 0.15) is 6.04 Å². The van der Waals surface area contributed by atoms with Crippen LogP contribution in [0.5, 0.6) is 0 Å². The lowest BCUT2D eigenvalue weighted by Gasteiger charge is -2.36. The second-order valence-electron chi connectivity index (χ2n) is 18.8. The summed E-state index contributed by atoms with van der Waals surface area (Å²) in [6, 6.07) is 9.74. The quantitative estimate of drug-likeness (QED) is 0.187. The van der Waals surface area contributed by atoms with Gasteiger partial charge in [-0.15, -0.1) is 11.8 Å². The van der Waals surface area contributed by atoms with Gasteiger partial charge in [-0.2, -0.15) is 0 Å². The lowest BCUT2D eigenvalue weighted by Crippen LogP contribution is -2.62. The number of hydrazine groups is 1. The first-order chi connectivity index (χ1) is 29.7. The van der Waals surface area contributed by atoms with Crippen molar-refractivity contribution in [2.75, 3.05) is 65.4 Å². The minimum Gasteiger partial charge on any atom is -0.464 e. The van der Waals surface area contributed by atoms with Crippen LogP contribution in [0.1, 0.15) is 76.8 Å². The van der Waals surface area contributed by atoms with Crippen LogP contribution < -0.4 is 15.3 Å². The van der Waals surface area contributed by atoms with Gasteiger partial charge in [-0.1, -0.05) is 39.8 Å². The maximum atomic E-state index is 14.4. The molecule has 13 nitrogen and oxygen atoms in total. The van der Waals surface area contributed by atoms with Crippen LogP contribution in [0.2, 0.25) is 12.1 Å². The average Bonchev–Trinajstić information content (AvgIpc) is 3.54. The highest BCUT2D eigenvalue weighted by atomic mass is 32.2. The van der Waals surface area contributed by atoms with E-state index in [2.05, 4.69) is 118 Å². The van der Waals surface area contributed by atoms with Gasteiger partial charge in [0.2, 0.25) is 11.4 Å². The highest BCUT2D eigenvalue weighted by molar-refractivity contribution is 8.03. The number of fused-ring (bicyclic) bond motifs is 6. The fourth-order valence-corrected chi connectivity index (χ4v) is 13.9. The predicted molar refractivity (Wildman–Crippen MR) is 250 cm³/mol. The normalized spacial score (nSPS) is 26.6. The first-order valence-corrected chi connectivity index (χ1v) is 25.9. The third-order valence-electron chi connectivity index (χ3n) is 14.0. The highest BCUT2D eigenvalue weighted by Gasteiger charge is 2.50. The van der Waals surface area contributed by atoms with Gasteiger partial charge in [-0.3, -0.25) is 24.4 Å². The molecule has 62 heavy (non-hydrogen) atoms. The van der Waals surface area contributed by atoms with E-state index in [0.29, 0.717) is 43.7 Å². The molecule has 1 saturated carbocycles. The van der Waals surface area contributed by atoms with Crippen molar-refractivity contribution in [3.8, 4) is 11.3 Å². The maximum Gasteiger partial charge on any atom is 0.324 e. The van der Waals surface area contributed by atoms with Gasteiger partial charge in [0.15, 0.2) is 0 Å². The number of thioether (sulfide) groups is 1. The van der Waals surface area contributed by atoms with Crippen molar-refractivity contribution in [1.82, 2.24) is 34.8 Å². The smallest absolute Gasteiger partial charge is 0.324 e. The van der Waals surface area contributed by atoms with Crippen LogP contribution in [0.4, 0.5) is 10.5 Å². The number of hydrogen-bond donors (Lipinski definition) is 2. The number of benzene rings is 1. The van der Waals surface area contributed by atoms with Gasteiger partial charge in [-0.05, 0) is 92.3 Å². The summed E-state index contributed by atoms with van der Waals surface area (Å²) in [6.45, 7) is 16.0. The summed E-state index contributed by atoms with van der Waals surface area (Å²) in [7, 11) is 7.67. The number of cyclic esters (lactones) is 1. The topological polar surface area (TPSA) is 125 Å². The number of aromatic nitrogens is 2. The third-order valence-corrected chi connectivity index (χ3v) is 17.8. The van der Waals surface area contributed by atoms with Crippen molar-refractivity contribution in [3.05, 3.63) is 52.7 Å². The summed E-state index contributed by atoms with van der Waals surface area (Å²) < 4.78 is 14.8. The van der Waals surface area contributed by atoms with Crippen LogP contribution in [0.25, 0.3) is 27.9 Å². The molecule has 6 atom stereocenters. The molecular formula is C46H64N8O5SSi2. The number of aryl methyl sites for hydroxylation is 1. The number of carbonyl (C=O) groups is 3. The summed E-state index contributed by atoms with van der Waals surface area (Å²) in [5, 5.41) is 4.90. The summed E-state index contributed by atoms with van der Waals surface area (Å²) in [5.41, 5.74) is 11.4. The molecule has 2 unspecified atom stereocenters. The fraction of sp³-hybridized carbons (Fsp3) is 0.609. The molecule has 3 aromatic rings. The summed E-state index contributed by atoms with van der Waals surface area (Å²) in [5.74, 6) is 0.111. The minimum absolute atomic E-state index is 0.0333. The van der Waals surface area contributed by atoms with Crippen LogP contribution in [0, 0.1) is 23.2 Å². The molecule has 6 heterocycles. The summed E-state index contributed by atoms with van der Waals surface area (Å²) in [4.78, 5) is 57.6. The van der Waals surface area contributed by atoms with Gasteiger partial charge in [0, 0.05) is 91.5 Å². The predicted octanol–water partition coefficient (Wildman–Crippen LogP) is 6.25. The second-order valence-corrected chi connectivity index (χ2v) is 22.4. The second kappa shape index (κ2) is 18.4. The van der Waals surface area contributed by atoms with Crippen molar-refractivity contribution < 1.29 is 23.9 Å². The number of likely N-dealkylation sites (N-methyl/N-ethyl adjacent to an activating group) is 1. The zero-order chi connectivity index (χ0) is 44.0. The number of esters is 1. The molecule has 1 aliphatic carbocycles. The van der Waals surface area contributed by atoms with Crippen LogP contribution in [0.15, 0.2) is 35.9 Å². The Labute approximate surface area is 376 Å². The number of piperazine rings is 1. The molecule has 4 radical (unpaired) electrons. The molecule has 0 spiro atoms. The average molecular weight is 897 g/mol. The zero-order valence-electron chi connectivity index (χ0n) is 37.8. The number of nitrogens with zero attached hydrogens (tertiary/aromatic N) is 6. The Hall–Kier alpha value is -3.68. The Kier molecular flexibility index (Phi) is 13.4. The Morgan fingerprint density at radius 2 is 1.89 bits per heavy atom. The maximum absolute atomic E-state index is 14.4. The minimum atomic E-state index is -2.12. The van der Waals surface area contributed by atoms with Crippen molar-refractivity contribution in [3.63, 3.8) is 0 Å². The van der Waals surface area contributed by atoms with E-state index in [0.717, 1.165) is 90.0 Å². The van der Waals surface area contributed by atoms with E-state index in [9.17, 15) is 14.4 Å². The number of anilines is 1. The van der Waals surface area contributed by atoms with Crippen molar-refractivity contribution in [2.45, 2.75) is 96.5 Å². The molecule has 16 heteroatoms. The van der Waals surface area contributed by atoms with Gasteiger partial charge >= 0.3 is 5.97 Å². The first kappa shape index (κ1) is 44.9. The largest absolute Gasteiger partial charge is 0.464 e. The number of amides is 2. The number of methoxy groups -OCH3 is 1. The monoisotopic (exact) mass is 896 g/mol. The Morgan fingerprint density at radius 3 is 2.58 bits per heavy atom. The van der Waals surface area contributed by atoms with Gasteiger partial charge in [0.05, 0.1) is 47.1 Å². The molecule has 2 saturated heterocycles. The number of carbonyl (C=O) groups excluding carboxylic acids is 3. The van der Waals surface area contributed by atoms with Gasteiger partial charge in [0.25, 0.3) is 8.96 Å². The lowest BCUT2D eigenvalue weighted by molar-refractivity contribution is -0.151. The van der Waals surface area contributed by atoms with Gasteiger partial charge in [-0.25, -0.2) is 5.43 Å². The molecule has 6 bridgehead atoms. The Balaban J connectivity index is 1.25. The van der Waals surface area contributed by atoms with Crippen LogP contribution in [0.3, 0.4) is 0 Å². The summed E-state index contributed by atoms with van der Waals surface area (Å²) in [6.07, 6.45) is 4.42. The fourth-order valence-electron chi connectivity index (χ4n) is 9.87. The number of rotatable bonds is 9. The van der Waals surface area contributed by atoms with E-state index in [-0.39, 0.29) is 41.4 Å². The summed E-state index contributed by atoms with van der Waals surface area (Å²) >= 11 is 1.70. The molecule has 332 valence electrons. The molecule has 2 N–H and O–H groups in total. The molecular weight excluding hydrogens is 833 g/mol. The van der Waals surface area contributed by atoms with Crippen LogP contribution in [-0.4, -0.2) is 133 Å². The molecule has 5 aliphatic rings. The van der Waals surface area contributed by atoms with Gasteiger partial charge < -0.3 is 33.7 Å². The van der Waals surface area contributed by atoms with Crippen molar-refractivity contribution >= 4 is 70.7 Å². The molecule has 4 aliphatic heterocycles. The van der Waals surface area contributed by atoms with Crippen molar-refractivity contribution in [2.24, 2.45) is 23.2 Å². The molecule has 1 aromatic carbocycles. The molecule has 3 fully saturated rings. The molecule has 8 rings (SSSR count). The van der Waals surface area contributed by atoms with E-state index in [1.807, 2.05) is 6.20 Å². The van der Waals surface area contributed by atoms with E-state index < -0.39 is 20.4 Å². The first-order valence-electron chi connectivity index (χ1n) is 22.5. The Morgan fingerprint density at radius 1 is 1.13 bits per heavy atom. The number of ether oxygens (including phenoxy) is 2. The lowest BCUT2D eigenvalue weighted by atomic mass is 9.84. The van der Waals surface area contributed by atoms with E-state index in [1.54, 1.807) is 23.9 Å². The molecule has 2 amide bonds. The zero-order valence-corrected chi connectivity index (χ0v) is 40.6. The Bertz CT molecular complexity index is 2200. The van der Waals surface area contributed by atoms with E-state index in [1.165, 1.54) is 5.56 Å². The van der Waals surface area contributed by atoms with Crippen LogP contribution >= 0.6 is 11.8 Å². The van der Waals surface area contributed by atoms with Crippen molar-refractivity contribution in [1.29, 1.82) is 0 Å². The number of pyridine rings is 1. The molecule has 2 aromatic heterocycles. The SMILES string of the molecule is CCn1c(-c2cc(N3CCN(C)CC3)cnc2[C@H](CC[Si])OC)c2c3cc(ccc31)C1=CSC(C[Si](NC(=O)C3[C@@H](C)[C@H]3C)C(=O)N3CCC[C@H](N3)C(=O)OCC(C)(C)C2)N1C. The highest BCUT2D eigenvalue weighted by Crippen LogP contribution is 2.47. The van der Waals surface area contributed by atoms with E-state index >= 15 is 0 Å². The standard InChI is InChI=1S/C46H64N8O5SSi2/c1-9-53-36-13-12-30-21-32(36)34(42(53)33-22-31(52-18-16-50(6)17-19-52)24-47-41(33)38(58-8)14-20-61)23-46(4,5)27-59-44(56)35-11-10-15-54(48-35)45(57)62(26-39-51(7)37(30)25-60-39)49-43(55)40-28(2)29(40)3/h12-13,21-22,24-25,28-29,35,38-40,48H,9-11,14-20,23,26-27H2,1-8H3,(H,49,55)/t28-,29+,35-,38-,39?,40?/m0/s1.